The number of hydrogen-bond acceptors (Lipinski definition) is 6. The molecule has 0 bridgehead atoms. The van der Waals surface area contributed by atoms with Gasteiger partial charge in [-0.1, -0.05) is 0 Å². The summed E-state index contributed by atoms with van der Waals surface area (Å²) < 4.78 is 0. The molecule has 0 amide bonds. The van der Waals surface area contributed by atoms with Crippen molar-refractivity contribution < 1.29 is 15.3 Å². The monoisotopic (exact) mass is 266 g/mol. The minimum absolute atomic E-state index is 0.236. The lowest BCUT2D eigenvalue weighted by molar-refractivity contribution is 0.0186. The molecule has 3 heterocycles. The normalized spacial score (nSPS) is 31.1. The van der Waals surface area contributed by atoms with E-state index in [0.29, 0.717) is 11.0 Å². The van der Waals surface area contributed by atoms with E-state index in [2.05, 4.69) is 20.3 Å². The number of aliphatic hydroxyl groups is 3. The molecule has 4 atom stereocenters. The molecule has 0 unspecified atom stereocenters. The van der Waals surface area contributed by atoms with Crippen LogP contribution in [-0.4, -0.2) is 55.1 Å². The van der Waals surface area contributed by atoms with Crippen molar-refractivity contribution in [2.75, 3.05) is 6.61 Å². The number of fused-ring (bicyclic) bond motifs is 1. The lowest BCUT2D eigenvalue weighted by atomic mass is 10.1. The van der Waals surface area contributed by atoms with Crippen molar-refractivity contribution in [3.05, 3.63) is 28.4 Å². The summed E-state index contributed by atoms with van der Waals surface area (Å²) >= 11 is 0. The first kappa shape index (κ1) is 12.3. The maximum absolute atomic E-state index is 11.8. The van der Waals surface area contributed by atoms with Crippen LogP contribution in [0.15, 0.2) is 17.1 Å². The van der Waals surface area contributed by atoms with Crippen LogP contribution in [0.4, 0.5) is 0 Å². The van der Waals surface area contributed by atoms with E-state index in [0.717, 1.165) is 0 Å². The topological polar surface area (TPSA) is 134 Å². The summed E-state index contributed by atoms with van der Waals surface area (Å²) in [6, 6.07) is 0.279. The third kappa shape index (κ3) is 1.85. The Morgan fingerprint density at radius 2 is 2.11 bits per heavy atom. The maximum Gasteiger partial charge on any atom is 0.275 e. The minimum atomic E-state index is -1.14. The molecule has 8 nitrogen and oxygen atoms in total. The highest BCUT2D eigenvalue weighted by Gasteiger charge is 2.42. The van der Waals surface area contributed by atoms with Gasteiger partial charge in [0, 0.05) is 6.20 Å². The van der Waals surface area contributed by atoms with Crippen molar-refractivity contribution in [3.8, 4) is 0 Å². The van der Waals surface area contributed by atoms with Crippen LogP contribution in [0, 0.1) is 0 Å². The van der Waals surface area contributed by atoms with Crippen LogP contribution in [0.25, 0.3) is 11.0 Å². The summed E-state index contributed by atoms with van der Waals surface area (Å²) in [4.78, 5) is 21.4. The highest BCUT2D eigenvalue weighted by Crippen LogP contribution is 2.25. The zero-order valence-corrected chi connectivity index (χ0v) is 9.87. The molecule has 0 spiro atoms. The number of aromatic amines is 2. The fraction of sp³-hybridized carbons (Fsp3) is 0.455. The van der Waals surface area contributed by atoms with Gasteiger partial charge in [-0.3, -0.25) is 10.1 Å². The summed E-state index contributed by atoms with van der Waals surface area (Å²) in [6.07, 6.45) is -0.653. The highest BCUT2D eigenvalue weighted by molar-refractivity contribution is 5.73. The van der Waals surface area contributed by atoms with Crippen LogP contribution in [0.3, 0.4) is 0 Å². The van der Waals surface area contributed by atoms with Crippen LogP contribution in [0.5, 0.6) is 0 Å². The zero-order chi connectivity index (χ0) is 13.6. The first-order chi connectivity index (χ1) is 9.11. The highest BCUT2D eigenvalue weighted by atomic mass is 16.3. The molecule has 19 heavy (non-hydrogen) atoms. The Hall–Kier alpha value is -1.74. The SMILES string of the molecule is O=c1[nH]c([C@@H]2N[C@H](CO)[C@@H](O)[C@H]2O)nc2cc[nH]c12. The molecule has 0 aliphatic carbocycles. The zero-order valence-electron chi connectivity index (χ0n) is 9.87. The third-order valence-electron chi connectivity index (χ3n) is 3.42. The van der Waals surface area contributed by atoms with Crippen LogP contribution in [-0.2, 0) is 0 Å². The van der Waals surface area contributed by atoms with Crippen molar-refractivity contribution >= 4 is 11.0 Å². The molecular weight excluding hydrogens is 252 g/mol. The summed E-state index contributed by atoms with van der Waals surface area (Å²) in [5, 5.41) is 31.6. The summed E-state index contributed by atoms with van der Waals surface area (Å²) in [5.74, 6) is 0.236. The number of aromatic nitrogens is 3. The minimum Gasteiger partial charge on any atom is -0.395 e. The fourth-order valence-electron chi connectivity index (χ4n) is 2.38. The van der Waals surface area contributed by atoms with E-state index in [-0.39, 0.29) is 18.0 Å². The standard InChI is InChI=1S/C11H14N4O4/c16-3-5-8(17)9(18)7(13-5)10-14-4-1-2-12-6(4)11(19)15-10/h1-2,5,7-9,12-13,16-18H,3H2,(H,14,15,19)/t5-,7-,8-,9+/m1/s1. The van der Waals surface area contributed by atoms with Gasteiger partial charge >= 0.3 is 0 Å². The molecule has 0 radical (unpaired) electrons. The summed E-state index contributed by atoms with van der Waals surface area (Å²) in [5.41, 5.74) is 0.492. The van der Waals surface area contributed by atoms with Gasteiger partial charge in [0.15, 0.2) is 0 Å². The average Bonchev–Trinajstić information content (AvgIpc) is 2.96. The Bertz CT molecular complexity index is 651. The van der Waals surface area contributed by atoms with Gasteiger partial charge in [0.1, 0.15) is 17.4 Å². The summed E-state index contributed by atoms with van der Waals surface area (Å²) in [7, 11) is 0. The van der Waals surface area contributed by atoms with E-state index in [1.54, 1.807) is 12.3 Å². The third-order valence-corrected chi connectivity index (χ3v) is 3.42. The van der Waals surface area contributed by atoms with Gasteiger partial charge in [0.2, 0.25) is 0 Å². The van der Waals surface area contributed by atoms with Gasteiger partial charge in [-0.15, -0.1) is 0 Å². The predicted octanol–water partition coefficient (Wildman–Crippen LogP) is -2.02. The Kier molecular flexibility index (Phi) is 2.86. The maximum atomic E-state index is 11.8. The molecule has 3 rings (SSSR count). The molecule has 2 aromatic heterocycles. The molecule has 1 fully saturated rings. The summed E-state index contributed by atoms with van der Waals surface area (Å²) in [6.45, 7) is -0.314. The number of nitrogens with one attached hydrogen (secondary N) is 3. The number of H-pyrrole nitrogens is 2. The number of hydrogen-bond donors (Lipinski definition) is 6. The van der Waals surface area contributed by atoms with E-state index in [4.69, 9.17) is 5.11 Å². The van der Waals surface area contributed by atoms with Crippen LogP contribution in [0.2, 0.25) is 0 Å². The second-order valence-electron chi connectivity index (χ2n) is 4.60. The second kappa shape index (κ2) is 4.42. The molecule has 0 saturated carbocycles. The number of aliphatic hydroxyl groups excluding tert-OH is 3. The van der Waals surface area contributed by atoms with Crippen molar-refractivity contribution in [3.63, 3.8) is 0 Å². The average molecular weight is 266 g/mol. The van der Waals surface area contributed by atoms with E-state index in [1.807, 2.05) is 0 Å². The van der Waals surface area contributed by atoms with Crippen molar-refractivity contribution in [2.45, 2.75) is 24.3 Å². The smallest absolute Gasteiger partial charge is 0.275 e. The van der Waals surface area contributed by atoms with E-state index in [1.165, 1.54) is 0 Å². The molecule has 1 saturated heterocycles. The Labute approximate surface area is 107 Å². The molecule has 102 valence electrons. The van der Waals surface area contributed by atoms with Gasteiger partial charge in [0.05, 0.1) is 30.3 Å². The van der Waals surface area contributed by atoms with Gasteiger partial charge in [-0.2, -0.15) is 0 Å². The molecule has 2 aromatic rings. The van der Waals surface area contributed by atoms with Crippen molar-refractivity contribution in [2.24, 2.45) is 0 Å². The van der Waals surface area contributed by atoms with Gasteiger partial charge in [-0.05, 0) is 6.07 Å². The van der Waals surface area contributed by atoms with Gasteiger partial charge in [-0.25, -0.2) is 4.98 Å². The number of rotatable bonds is 2. The first-order valence-corrected chi connectivity index (χ1v) is 5.92. The first-order valence-electron chi connectivity index (χ1n) is 5.92. The largest absolute Gasteiger partial charge is 0.395 e. The van der Waals surface area contributed by atoms with E-state index < -0.39 is 24.3 Å². The van der Waals surface area contributed by atoms with Crippen molar-refractivity contribution in [1.29, 1.82) is 0 Å². The number of nitrogens with zero attached hydrogens (tertiary/aromatic N) is 1. The van der Waals surface area contributed by atoms with Crippen molar-refractivity contribution in [1.82, 2.24) is 20.3 Å². The molecule has 8 heteroatoms. The van der Waals surface area contributed by atoms with Gasteiger partial charge in [0.25, 0.3) is 5.56 Å². The van der Waals surface area contributed by atoms with E-state index in [9.17, 15) is 15.0 Å². The predicted molar refractivity (Wildman–Crippen MR) is 65.5 cm³/mol. The van der Waals surface area contributed by atoms with Gasteiger partial charge < -0.3 is 25.3 Å². The Morgan fingerprint density at radius 3 is 2.79 bits per heavy atom. The van der Waals surface area contributed by atoms with Crippen LogP contribution >= 0.6 is 0 Å². The van der Waals surface area contributed by atoms with Crippen LogP contribution in [0.1, 0.15) is 11.9 Å². The molecule has 0 aromatic carbocycles. The Morgan fingerprint density at radius 1 is 1.32 bits per heavy atom. The molecular formula is C11H14N4O4. The second-order valence-corrected chi connectivity index (χ2v) is 4.60. The fourth-order valence-corrected chi connectivity index (χ4v) is 2.38. The molecule has 6 N–H and O–H groups in total. The van der Waals surface area contributed by atoms with Crippen LogP contribution < -0.4 is 10.9 Å². The quantitative estimate of drug-likeness (QED) is 0.371. The molecule has 1 aliphatic rings. The lowest BCUT2D eigenvalue weighted by Crippen LogP contribution is -2.35. The Balaban J connectivity index is 2.03. The molecule has 1 aliphatic heterocycles. The van der Waals surface area contributed by atoms with E-state index >= 15 is 0 Å². The lowest BCUT2D eigenvalue weighted by Gasteiger charge is -2.14.